The van der Waals surface area contributed by atoms with Gasteiger partial charge in [-0.25, -0.2) is 4.98 Å². The van der Waals surface area contributed by atoms with E-state index in [1.54, 1.807) is 25.2 Å². The molecule has 2 amide bonds. The Morgan fingerprint density at radius 2 is 1.90 bits per heavy atom. The predicted octanol–water partition coefficient (Wildman–Crippen LogP) is 4.30. The van der Waals surface area contributed by atoms with Crippen LogP contribution in [-0.4, -0.2) is 56.7 Å². The first-order chi connectivity index (χ1) is 18.7. The molecule has 1 saturated carbocycles. The molecule has 1 aliphatic heterocycles. The summed E-state index contributed by atoms with van der Waals surface area (Å²) in [5, 5.41) is 9.99. The van der Waals surface area contributed by atoms with Gasteiger partial charge in [0.2, 0.25) is 11.8 Å². The molecule has 0 atom stereocenters. The second-order valence-electron chi connectivity index (χ2n) is 10.5. The number of likely N-dealkylation sites (tertiary alicyclic amines) is 1. The third kappa shape index (κ3) is 5.80. The standard InChI is InChI=1S/C29H29Cl2N5O3/c1-34(15-18-2-3-21(14-32)25(31)10-18)27(37)16-36-17-33-26-5-4-20(13-24(26)29(36)39)19-6-8-35(9-7-19)28(38)22-11-23(30)12-22/h2-5,10,13,17,19,22-23H,6-9,11-12,15-16H2,1H3. The number of piperidine rings is 1. The molecule has 3 aromatic rings. The van der Waals surface area contributed by atoms with Crippen molar-refractivity contribution in [1.82, 2.24) is 19.4 Å². The van der Waals surface area contributed by atoms with E-state index in [0.717, 1.165) is 36.8 Å². The van der Waals surface area contributed by atoms with Gasteiger partial charge in [0.1, 0.15) is 12.6 Å². The quantitative estimate of drug-likeness (QED) is 0.415. The van der Waals surface area contributed by atoms with Gasteiger partial charge in [0.25, 0.3) is 5.56 Å². The molecule has 0 unspecified atom stereocenters. The Morgan fingerprint density at radius 3 is 2.56 bits per heavy atom. The first-order valence-corrected chi connectivity index (χ1v) is 13.9. The molecule has 5 rings (SSSR count). The van der Waals surface area contributed by atoms with Gasteiger partial charge in [-0.3, -0.25) is 19.0 Å². The molecule has 1 aromatic heterocycles. The number of rotatable bonds is 6. The van der Waals surface area contributed by atoms with E-state index in [-0.39, 0.29) is 41.1 Å². The van der Waals surface area contributed by atoms with E-state index in [2.05, 4.69) is 4.98 Å². The number of amides is 2. The summed E-state index contributed by atoms with van der Waals surface area (Å²) in [6.45, 7) is 1.55. The van der Waals surface area contributed by atoms with Gasteiger partial charge in [0, 0.05) is 38.0 Å². The van der Waals surface area contributed by atoms with Crippen molar-refractivity contribution in [3.05, 3.63) is 74.8 Å². The fraction of sp³-hybridized carbons (Fsp3) is 0.414. The molecule has 2 fully saturated rings. The van der Waals surface area contributed by atoms with Crippen molar-refractivity contribution in [3.63, 3.8) is 0 Å². The summed E-state index contributed by atoms with van der Waals surface area (Å²) in [7, 11) is 1.65. The van der Waals surface area contributed by atoms with Gasteiger partial charge in [0.15, 0.2) is 0 Å². The average molecular weight is 566 g/mol. The third-order valence-electron chi connectivity index (χ3n) is 7.86. The first-order valence-electron chi connectivity index (χ1n) is 13.1. The number of nitrogens with zero attached hydrogens (tertiary/aromatic N) is 5. The lowest BCUT2D eigenvalue weighted by atomic mass is 9.82. The van der Waals surface area contributed by atoms with Crippen LogP contribution in [0.1, 0.15) is 48.3 Å². The van der Waals surface area contributed by atoms with Crippen molar-refractivity contribution >= 4 is 45.9 Å². The molecule has 2 aliphatic rings. The second-order valence-corrected chi connectivity index (χ2v) is 11.5. The fourth-order valence-corrected chi connectivity index (χ4v) is 6.04. The number of carbonyl (C=O) groups excluding carboxylic acids is 2. The normalized spacial score (nSPS) is 19.4. The minimum Gasteiger partial charge on any atom is -0.342 e. The lowest BCUT2D eigenvalue weighted by molar-refractivity contribution is -0.139. The van der Waals surface area contributed by atoms with Gasteiger partial charge in [0.05, 0.1) is 27.8 Å². The van der Waals surface area contributed by atoms with Crippen LogP contribution in [0.15, 0.2) is 47.5 Å². The van der Waals surface area contributed by atoms with E-state index in [9.17, 15) is 14.4 Å². The molecule has 10 heteroatoms. The number of alkyl halides is 1. The number of fused-ring (bicyclic) bond motifs is 1. The van der Waals surface area contributed by atoms with Gasteiger partial charge in [-0.05, 0) is 67.0 Å². The van der Waals surface area contributed by atoms with Crippen molar-refractivity contribution in [3.8, 4) is 6.07 Å². The maximum Gasteiger partial charge on any atom is 0.261 e. The molecular weight excluding hydrogens is 537 g/mol. The number of benzene rings is 2. The van der Waals surface area contributed by atoms with E-state index in [4.69, 9.17) is 28.5 Å². The van der Waals surface area contributed by atoms with E-state index in [1.165, 1.54) is 15.8 Å². The fourth-order valence-electron chi connectivity index (χ4n) is 5.36. The zero-order valence-electron chi connectivity index (χ0n) is 21.6. The van der Waals surface area contributed by atoms with Crippen molar-refractivity contribution in [2.45, 2.75) is 50.1 Å². The number of carbonyl (C=O) groups is 2. The van der Waals surface area contributed by atoms with Crippen molar-refractivity contribution in [1.29, 1.82) is 5.26 Å². The minimum atomic E-state index is -0.266. The highest BCUT2D eigenvalue weighted by Gasteiger charge is 2.37. The highest BCUT2D eigenvalue weighted by molar-refractivity contribution is 6.31. The molecule has 2 aromatic carbocycles. The largest absolute Gasteiger partial charge is 0.342 e. The summed E-state index contributed by atoms with van der Waals surface area (Å²) < 4.78 is 1.33. The van der Waals surface area contributed by atoms with Crippen molar-refractivity contribution in [2.75, 3.05) is 20.1 Å². The summed E-state index contributed by atoms with van der Waals surface area (Å²) >= 11 is 12.2. The predicted molar refractivity (Wildman–Crippen MR) is 150 cm³/mol. The smallest absolute Gasteiger partial charge is 0.261 e. The Morgan fingerprint density at radius 1 is 1.15 bits per heavy atom. The van der Waals surface area contributed by atoms with Crippen LogP contribution in [0.25, 0.3) is 10.9 Å². The summed E-state index contributed by atoms with van der Waals surface area (Å²) in [5.41, 5.74) is 2.53. The summed E-state index contributed by atoms with van der Waals surface area (Å²) in [5.74, 6) is 0.283. The summed E-state index contributed by atoms with van der Waals surface area (Å²) in [6.07, 6.45) is 4.63. The molecule has 2 heterocycles. The van der Waals surface area contributed by atoms with Crippen LogP contribution in [0.4, 0.5) is 0 Å². The lowest BCUT2D eigenvalue weighted by Crippen LogP contribution is -2.45. The Labute approximate surface area is 236 Å². The Kier molecular flexibility index (Phi) is 7.92. The number of nitriles is 1. The highest BCUT2D eigenvalue weighted by atomic mass is 35.5. The van der Waals surface area contributed by atoms with E-state index >= 15 is 0 Å². The number of hydrogen-bond donors (Lipinski definition) is 0. The molecule has 0 spiro atoms. The van der Waals surface area contributed by atoms with Crippen LogP contribution in [-0.2, 0) is 22.7 Å². The van der Waals surface area contributed by atoms with Crippen LogP contribution in [0.3, 0.4) is 0 Å². The molecule has 0 N–H and O–H groups in total. The van der Waals surface area contributed by atoms with E-state index in [0.29, 0.717) is 41.1 Å². The molecule has 202 valence electrons. The van der Waals surface area contributed by atoms with Crippen LogP contribution < -0.4 is 5.56 Å². The highest BCUT2D eigenvalue weighted by Crippen LogP contribution is 2.35. The Balaban J connectivity index is 1.25. The van der Waals surface area contributed by atoms with E-state index in [1.807, 2.05) is 29.2 Å². The van der Waals surface area contributed by atoms with Crippen molar-refractivity contribution < 1.29 is 9.59 Å². The molecular formula is C29H29Cl2N5O3. The van der Waals surface area contributed by atoms with Gasteiger partial charge in [-0.2, -0.15) is 5.26 Å². The van der Waals surface area contributed by atoms with Crippen LogP contribution in [0, 0.1) is 17.2 Å². The average Bonchev–Trinajstić information content (AvgIpc) is 2.92. The van der Waals surface area contributed by atoms with Gasteiger partial charge >= 0.3 is 0 Å². The van der Waals surface area contributed by atoms with E-state index < -0.39 is 0 Å². The molecule has 8 nitrogen and oxygen atoms in total. The van der Waals surface area contributed by atoms with Crippen molar-refractivity contribution in [2.24, 2.45) is 5.92 Å². The summed E-state index contributed by atoms with van der Waals surface area (Å²) in [4.78, 5) is 46.8. The molecule has 0 radical (unpaired) electrons. The maximum atomic E-state index is 13.3. The van der Waals surface area contributed by atoms with Crippen LogP contribution >= 0.6 is 23.2 Å². The minimum absolute atomic E-state index is 0.0675. The SMILES string of the molecule is CN(Cc1ccc(C#N)c(Cl)c1)C(=O)Cn1cnc2ccc(C3CCN(C(=O)C4CC(Cl)C4)CC3)cc2c1=O. The van der Waals surface area contributed by atoms with Crippen LogP contribution in [0.5, 0.6) is 0 Å². The molecule has 39 heavy (non-hydrogen) atoms. The maximum absolute atomic E-state index is 13.3. The number of likely N-dealkylation sites (N-methyl/N-ethyl adjacent to an activating group) is 1. The molecule has 1 aliphatic carbocycles. The Hall–Kier alpha value is -3.41. The van der Waals surface area contributed by atoms with Crippen LogP contribution in [0.2, 0.25) is 5.02 Å². The number of halogens is 2. The second kappa shape index (κ2) is 11.4. The first kappa shape index (κ1) is 27.2. The zero-order chi connectivity index (χ0) is 27.7. The topological polar surface area (TPSA) is 99.3 Å². The van der Waals surface area contributed by atoms with Gasteiger partial charge in [-0.15, -0.1) is 11.6 Å². The summed E-state index contributed by atoms with van der Waals surface area (Å²) in [6, 6.07) is 12.8. The zero-order valence-corrected chi connectivity index (χ0v) is 23.2. The number of aromatic nitrogens is 2. The van der Waals surface area contributed by atoms with Gasteiger partial charge < -0.3 is 9.80 Å². The third-order valence-corrected chi connectivity index (χ3v) is 8.53. The lowest BCUT2D eigenvalue weighted by Gasteiger charge is -2.38. The number of hydrogen-bond acceptors (Lipinski definition) is 5. The monoisotopic (exact) mass is 565 g/mol. The van der Waals surface area contributed by atoms with Gasteiger partial charge in [-0.1, -0.05) is 23.7 Å². The molecule has 1 saturated heterocycles. The Bertz CT molecular complexity index is 1520. The molecule has 0 bridgehead atoms.